The zero-order chi connectivity index (χ0) is 14.6. The van der Waals surface area contributed by atoms with Crippen molar-refractivity contribution < 1.29 is 8.42 Å². The lowest BCUT2D eigenvalue weighted by molar-refractivity contribution is 0.368. The number of nitrogens with two attached hydrogens (primary N) is 1. The van der Waals surface area contributed by atoms with Gasteiger partial charge in [0.1, 0.15) is 9.84 Å². The van der Waals surface area contributed by atoms with Crippen molar-refractivity contribution in [3.8, 4) is 0 Å². The number of sulfone groups is 1. The summed E-state index contributed by atoms with van der Waals surface area (Å²) in [6.45, 7) is 1.70. The van der Waals surface area contributed by atoms with E-state index in [1.54, 1.807) is 6.92 Å². The summed E-state index contributed by atoms with van der Waals surface area (Å²) < 4.78 is 23.2. The SMILES string of the molecule is CCS(=O)(=O)CCCC1(N)CCCCc2ccccc21. The van der Waals surface area contributed by atoms with E-state index in [4.69, 9.17) is 5.73 Å². The van der Waals surface area contributed by atoms with Gasteiger partial charge < -0.3 is 5.73 Å². The fraction of sp³-hybridized carbons (Fsp3) is 0.625. The number of aryl methyl sites for hydroxylation is 1. The van der Waals surface area contributed by atoms with Crippen molar-refractivity contribution in [2.45, 2.75) is 51.0 Å². The lowest BCUT2D eigenvalue weighted by atomic mass is 9.82. The van der Waals surface area contributed by atoms with E-state index in [0.29, 0.717) is 6.42 Å². The van der Waals surface area contributed by atoms with E-state index in [1.807, 2.05) is 6.07 Å². The first-order valence-corrected chi connectivity index (χ1v) is 9.37. The molecule has 0 saturated carbocycles. The van der Waals surface area contributed by atoms with Gasteiger partial charge in [-0.3, -0.25) is 0 Å². The number of fused-ring (bicyclic) bond motifs is 1. The Labute approximate surface area is 122 Å². The van der Waals surface area contributed by atoms with Crippen LogP contribution in [0.5, 0.6) is 0 Å². The lowest BCUT2D eigenvalue weighted by Crippen LogP contribution is -2.37. The highest BCUT2D eigenvalue weighted by Crippen LogP contribution is 2.35. The van der Waals surface area contributed by atoms with Crippen LogP contribution in [0.4, 0.5) is 0 Å². The molecule has 1 unspecified atom stereocenters. The van der Waals surface area contributed by atoms with Gasteiger partial charge in [-0.05, 0) is 43.2 Å². The molecule has 20 heavy (non-hydrogen) atoms. The zero-order valence-corrected chi connectivity index (χ0v) is 13.1. The molecule has 3 nitrogen and oxygen atoms in total. The Balaban J connectivity index is 2.13. The minimum atomic E-state index is -2.89. The standard InChI is InChI=1S/C16H25NO2S/c1-2-20(18,19)13-7-12-16(17)11-6-5-9-14-8-3-4-10-15(14)16/h3-4,8,10H,2,5-7,9,11-13,17H2,1H3. The highest BCUT2D eigenvalue weighted by Gasteiger charge is 2.30. The number of hydrogen-bond donors (Lipinski definition) is 1. The summed E-state index contributed by atoms with van der Waals surface area (Å²) in [7, 11) is -2.89. The Morgan fingerprint density at radius 3 is 2.75 bits per heavy atom. The smallest absolute Gasteiger partial charge is 0.150 e. The Bertz CT molecular complexity index is 553. The predicted molar refractivity (Wildman–Crippen MR) is 83.4 cm³/mol. The maximum atomic E-state index is 11.6. The van der Waals surface area contributed by atoms with Crippen molar-refractivity contribution in [2.75, 3.05) is 11.5 Å². The molecule has 0 radical (unpaired) electrons. The molecule has 1 atom stereocenters. The second-order valence-electron chi connectivity index (χ2n) is 5.86. The summed E-state index contributed by atoms with van der Waals surface area (Å²) in [5.74, 6) is 0.478. The molecule has 0 bridgehead atoms. The first kappa shape index (κ1) is 15.5. The molecule has 2 rings (SSSR count). The molecule has 0 amide bonds. The average Bonchev–Trinajstić information content (AvgIpc) is 2.59. The first-order chi connectivity index (χ1) is 9.47. The van der Waals surface area contributed by atoms with Crippen LogP contribution in [0.1, 0.15) is 50.2 Å². The third-order valence-corrected chi connectivity index (χ3v) is 6.18. The highest BCUT2D eigenvalue weighted by atomic mass is 32.2. The molecule has 1 aliphatic rings. The Hall–Kier alpha value is -0.870. The third kappa shape index (κ3) is 3.61. The summed E-state index contributed by atoms with van der Waals surface area (Å²) in [6.07, 6.45) is 5.73. The van der Waals surface area contributed by atoms with E-state index in [0.717, 1.165) is 25.7 Å². The summed E-state index contributed by atoms with van der Waals surface area (Å²) in [5.41, 5.74) is 8.86. The van der Waals surface area contributed by atoms with Gasteiger partial charge in [0.25, 0.3) is 0 Å². The maximum absolute atomic E-state index is 11.6. The fourth-order valence-electron chi connectivity index (χ4n) is 3.13. The Morgan fingerprint density at radius 1 is 1.25 bits per heavy atom. The topological polar surface area (TPSA) is 60.2 Å². The molecule has 4 heteroatoms. The molecular formula is C16H25NO2S. The molecule has 0 spiro atoms. The van der Waals surface area contributed by atoms with E-state index < -0.39 is 9.84 Å². The highest BCUT2D eigenvalue weighted by molar-refractivity contribution is 7.91. The van der Waals surface area contributed by atoms with Crippen LogP contribution in [0, 0.1) is 0 Å². The fourth-order valence-corrected chi connectivity index (χ4v) is 4.00. The van der Waals surface area contributed by atoms with Gasteiger partial charge in [0, 0.05) is 11.3 Å². The molecule has 0 aliphatic heterocycles. The van der Waals surface area contributed by atoms with Crippen LogP contribution in [-0.4, -0.2) is 19.9 Å². The molecule has 0 fully saturated rings. The molecule has 0 aromatic heterocycles. The molecule has 112 valence electrons. The van der Waals surface area contributed by atoms with Gasteiger partial charge in [-0.2, -0.15) is 0 Å². The van der Waals surface area contributed by atoms with Crippen molar-refractivity contribution in [1.82, 2.24) is 0 Å². The lowest BCUT2D eigenvalue weighted by Gasteiger charge is -2.30. The normalized spacial score (nSPS) is 23.1. The van der Waals surface area contributed by atoms with Crippen LogP contribution in [0.15, 0.2) is 24.3 Å². The van der Waals surface area contributed by atoms with Crippen LogP contribution in [0.25, 0.3) is 0 Å². The summed E-state index contributed by atoms with van der Waals surface area (Å²) in [4.78, 5) is 0. The van der Waals surface area contributed by atoms with Gasteiger partial charge in [0.15, 0.2) is 0 Å². The number of hydrogen-bond acceptors (Lipinski definition) is 3. The Kier molecular flexibility index (Phi) is 4.86. The van der Waals surface area contributed by atoms with Gasteiger partial charge in [0.05, 0.1) is 5.75 Å². The summed E-state index contributed by atoms with van der Waals surface area (Å²) in [6, 6.07) is 8.38. The van der Waals surface area contributed by atoms with Crippen molar-refractivity contribution in [3.05, 3.63) is 35.4 Å². The molecule has 1 aromatic carbocycles. The minimum absolute atomic E-state index is 0.223. The largest absolute Gasteiger partial charge is 0.321 e. The molecular weight excluding hydrogens is 270 g/mol. The van der Waals surface area contributed by atoms with Gasteiger partial charge in [-0.15, -0.1) is 0 Å². The van der Waals surface area contributed by atoms with E-state index in [9.17, 15) is 8.42 Å². The molecule has 0 saturated heterocycles. The predicted octanol–water partition coefficient (Wildman–Crippen LogP) is 2.78. The van der Waals surface area contributed by atoms with E-state index >= 15 is 0 Å². The second-order valence-corrected chi connectivity index (χ2v) is 8.33. The van der Waals surface area contributed by atoms with Gasteiger partial charge >= 0.3 is 0 Å². The van der Waals surface area contributed by atoms with Crippen LogP contribution in [0.3, 0.4) is 0 Å². The van der Waals surface area contributed by atoms with Crippen LogP contribution in [0.2, 0.25) is 0 Å². The maximum Gasteiger partial charge on any atom is 0.150 e. The average molecular weight is 295 g/mol. The van der Waals surface area contributed by atoms with Gasteiger partial charge in [-0.25, -0.2) is 8.42 Å². The summed E-state index contributed by atoms with van der Waals surface area (Å²) in [5, 5.41) is 0. The van der Waals surface area contributed by atoms with E-state index in [-0.39, 0.29) is 17.0 Å². The van der Waals surface area contributed by atoms with Crippen molar-refractivity contribution >= 4 is 9.84 Å². The minimum Gasteiger partial charge on any atom is -0.321 e. The molecule has 2 N–H and O–H groups in total. The van der Waals surface area contributed by atoms with E-state index in [2.05, 4.69) is 18.2 Å². The first-order valence-electron chi connectivity index (χ1n) is 7.54. The zero-order valence-electron chi connectivity index (χ0n) is 12.3. The van der Waals surface area contributed by atoms with Crippen LogP contribution < -0.4 is 5.73 Å². The number of benzene rings is 1. The molecule has 1 aromatic rings. The molecule has 0 heterocycles. The third-order valence-electron chi connectivity index (χ3n) is 4.39. The monoisotopic (exact) mass is 295 g/mol. The molecule has 1 aliphatic carbocycles. The van der Waals surface area contributed by atoms with Gasteiger partial charge in [0.2, 0.25) is 0 Å². The van der Waals surface area contributed by atoms with Crippen LogP contribution >= 0.6 is 0 Å². The Morgan fingerprint density at radius 2 is 2.00 bits per heavy atom. The van der Waals surface area contributed by atoms with Crippen LogP contribution in [-0.2, 0) is 21.8 Å². The van der Waals surface area contributed by atoms with Gasteiger partial charge in [-0.1, -0.05) is 37.6 Å². The quantitative estimate of drug-likeness (QED) is 0.850. The van der Waals surface area contributed by atoms with Crippen molar-refractivity contribution in [3.63, 3.8) is 0 Å². The summed E-state index contributed by atoms with van der Waals surface area (Å²) >= 11 is 0. The second kappa shape index (κ2) is 6.27. The number of rotatable bonds is 5. The van der Waals surface area contributed by atoms with E-state index in [1.165, 1.54) is 17.5 Å². The van der Waals surface area contributed by atoms with Crippen molar-refractivity contribution in [1.29, 1.82) is 0 Å². The van der Waals surface area contributed by atoms with Crippen molar-refractivity contribution in [2.24, 2.45) is 5.73 Å².